The van der Waals surface area contributed by atoms with Gasteiger partial charge in [0, 0.05) is 30.7 Å². The van der Waals surface area contributed by atoms with Crippen LogP contribution in [0.3, 0.4) is 0 Å². The van der Waals surface area contributed by atoms with E-state index >= 15 is 0 Å². The zero-order valence-electron chi connectivity index (χ0n) is 14.6. The summed E-state index contributed by atoms with van der Waals surface area (Å²) in [5, 5.41) is 12.7. The van der Waals surface area contributed by atoms with Gasteiger partial charge in [0.2, 0.25) is 0 Å². The number of nitrogens with zero attached hydrogens (tertiary/aromatic N) is 1. The zero-order valence-corrected chi connectivity index (χ0v) is 14.6. The maximum Gasteiger partial charge on any atom is 0.317 e. The summed E-state index contributed by atoms with van der Waals surface area (Å²) in [5.41, 5.74) is 2.41. The van der Waals surface area contributed by atoms with Gasteiger partial charge in [-0.15, -0.1) is 0 Å². The van der Waals surface area contributed by atoms with Crippen LogP contribution in [0.4, 0.5) is 0 Å². The molecule has 132 valence electrons. The topological polar surface area (TPSA) is 61.8 Å². The van der Waals surface area contributed by atoms with Crippen molar-refractivity contribution in [1.82, 2.24) is 10.2 Å². The van der Waals surface area contributed by atoms with E-state index in [9.17, 15) is 4.79 Å². The lowest BCUT2D eigenvalue weighted by molar-refractivity contribution is -0.139. The van der Waals surface area contributed by atoms with Crippen LogP contribution in [0.5, 0.6) is 5.75 Å². The van der Waals surface area contributed by atoms with Crippen LogP contribution in [0.25, 0.3) is 0 Å². The van der Waals surface area contributed by atoms with E-state index in [-0.39, 0.29) is 6.54 Å². The van der Waals surface area contributed by atoms with Crippen LogP contribution in [0.2, 0.25) is 0 Å². The number of ether oxygens (including phenoxy) is 1. The van der Waals surface area contributed by atoms with Crippen molar-refractivity contribution in [3.63, 3.8) is 0 Å². The van der Waals surface area contributed by atoms with Gasteiger partial charge in [0.05, 0.1) is 13.7 Å². The first-order valence-corrected chi connectivity index (χ1v) is 8.88. The van der Waals surface area contributed by atoms with Crippen molar-refractivity contribution in [3.8, 4) is 5.75 Å². The van der Waals surface area contributed by atoms with Crippen molar-refractivity contribution in [1.29, 1.82) is 0 Å². The number of nitrogens with one attached hydrogen (secondary N) is 1. The van der Waals surface area contributed by atoms with Crippen LogP contribution in [-0.4, -0.2) is 48.3 Å². The molecule has 0 aromatic heterocycles. The Morgan fingerprint density at radius 3 is 2.75 bits per heavy atom. The Bertz CT molecular complexity index is 580. The van der Waals surface area contributed by atoms with E-state index in [1.54, 1.807) is 7.11 Å². The van der Waals surface area contributed by atoms with Gasteiger partial charge < -0.3 is 15.2 Å². The second kappa shape index (κ2) is 7.53. The number of hydrogen-bond acceptors (Lipinski definition) is 4. The van der Waals surface area contributed by atoms with E-state index in [0.29, 0.717) is 12.1 Å². The number of aryl methyl sites for hydroxylation is 1. The Balaban J connectivity index is 1.47. The normalized spacial score (nSPS) is 23.1. The molecule has 0 bridgehead atoms. The van der Waals surface area contributed by atoms with E-state index in [1.165, 1.54) is 24.0 Å². The van der Waals surface area contributed by atoms with Crippen molar-refractivity contribution in [2.45, 2.75) is 51.2 Å². The summed E-state index contributed by atoms with van der Waals surface area (Å²) in [6.45, 7) is 4.02. The number of carboxylic acids is 1. The molecule has 0 aliphatic heterocycles. The fraction of sp³-hybridized carbons (Fsp3) is 0.632. The molecular weight excluding hydrogens is 304 g/mol. The highest BCUT2D eigenvalue weighted by atomic mass is 16.5. The van der Waals surface area contributed by atoms with Crippen molar-refractivity contribution < 1.29 is 14.6 Å². The largest absolute Gasteiger partial charge is 0.496 e. The van der Waals surface area contributed by atoms with Crippen LogP contribution in [0.1, 0.15) is 36.8 Å². The molecule has 0 atom stereocenters. The maximum atomic E-state index is 11.1. The minimum absolute atomic E-state index is 0.180. The maximum absolute atomic E-state index is 11.1. The number of benzene rings is 1. The summed E-state index contributed by atoms with van der Waals surface area (Å²) in [4.78, 5) is 13.3. The van der Waals surface area contributed by atoms with Crippen molar-refractivity contribution in [2.75, 3.05) is 20.2 Å². The summed E-state index contributed by atoms with van der Waals surface area (Å²) < 4.78 is 5.42. The average molecular weight is 332 g/mol. The molecule has 0 radical (unpaired) electrons. The number of carboxylic acid groups (broad SMARTS) is 1. The monoisotopic (exact) mass is 332 g/mol. The van der Waals surface area contributed by atoms with Crippen LogP contribution in [-0.2, 0) is 11.3 Å². The number of rotatable bonds is 9. The molecule has 2 saturated carbocycles. The second-order valence-electron chi connectivity index (χ2n) is 7.28. The van der Waals surface area contributed by atoms with E-state index < -0.39 is 5.97 Å². The summed E-state index contributed by atoms with van der Waals surface area (Å²) in [5.74, 6) is 0.940. The number of methoxy groups -OCH3 is 1. The summed E-state index contributed by atoms with van der Waals surface area (Å²) in [6, 6.07) is 7.12. The van der Waals surface area contributed by atoms with E-state index in [1.807, 2.05) is 6.07 Å². The molecule has 24 heavy (non-hydrogen) atoms. The van der Waals surface area contributed by atoms with Crippen LogP contribution in [0.15, 0.2) is 18.2 Å². The van der Waals surface area contributed by atoms with Gasteiger partial charge in [0.25, 0.3) is 0 Å². The lowest BCUT2D eigenvalue weighted by atomic mass is 9.85. The molecule has 3 rings (SSSR count). The average Bonchev–Trinajstić information content (AvgIpc) is 3.29. The van der Waals surface area contributed by atoms with Crippen LogP contribution in [0, 0.1) is 12.8 Å². The van der Waals surface area contributed by atoms with E-state index in [0.717, 1.165) is 37.6 Å². The highest BCUT2D eigenvalue weighted by Crippen LogP contribution is 2.34. The van der Waals surface area contributed by atoms with Crippen LogP contribution >= 0.6 is 0 Å². The Morgan fingerprint density at radius 2 is 2.12 bits per heavy atom. The first-order valence-electron chi connectivity index (χ1n) is 8.88. The van der Waals surface area contributed by atoms with Gasteiger partial charge in [-0.2, -0.15) is 0 Å². The minimum atomic E-state index is -0.712. The quantitative estimate of drug-likeness (QED) is 0.727. The Morgan fingerprint density at radius 1 is 1.38 bits per heavy atom. The highest BCUT2D eigenvalue weighted by molar-refractivity contribution is 5.69. The molecule has 0 saturated heterocycles. The smallest absolute Gasteiger partial charge is 0.317 e. The zero-order chi connectivity index (χ0) is 17.1. The van der Waals surface area contributed by atoms with Gasteiger partial charge in [-0.25, -0.2) is 0 Å². The third-order valence-corrected chi connectivity index (χ3v) is 5.17. The Kier molecular flexibility index (Phi) is 5.41. The molecule has 1 aromatic rings. The standard InChI is InChI=1S/C19H28N2O3/c1-13-3-6-18(24-2)15(7-13)10-20-16-8-17(9-16)21(12-19(22)23)11-14-4-5-14/h3,6-7,14,16-17,20H,4-5,8-12H2,1-2H3,(H,22,23). The van der Waals surface area contributed by atoms with Gasteiger partial charge in [-0.1, -0.05) is 17.7 Å². The van der Waals surface area contributed by atoms with Crippen molar-refractivity contribution in [2.24, 2.45) is 5.92 Å². The third kappa shape index (κ3) is 4.48. The Hall–Kier alpha value is -1.59. The van der Waals surface area contributed by atoms with Crippen molar-refractivity contribution in [3.05, 3.63) is 29.3 Å². The van der Waals surface area contributed by atoms with Crippen LogP contribution < -0.4 is 10.1 Å². The second-order valence-corrected chi connectivity index (χ2v) is 7.28. The molecule has 2 N–H and O–H groups in total. The predicted octanol–water partition coefficient (Wildman–Crippen LogP) is 2.42. The molecule has 0 spiro atoms. The number of hydrogen-bond donors (Lipinski definition) is 2. The molecule has 0 amide bonds. The molecule has 5 nitrogen and oxygen atoms in total. The van der Waals surface area contributed by atoms with Crippen molar-refractivity contribution >= 4 is 5.97 Å². The fourth-order valence-corrected chi connectivity index (χ4v) is 3.50. The lowest BCUT2D eigenvalue weighted by Crippen LogP contribution is -2.54. The van der Waals surface area contributed by atoms with E-state index in [2.05, 4.69) is 29.3 Å². The highest BCUT2D eigenvalue weighted by Gasteiger charge is 2.36. The lowest BCUT2D eigenvalue weighted by Gasteiger charge is -2.43. The van der Waals surface area contributed by atoms with Gasteiger partial charge >= 0.3 is 5.97 Å². The molecule has 2 aliphatic carbocycles. The minimum Gasteiger partial charge on any atom is -0.496 e. The SMILES string of the molecule is COc1ccc(C)cc1CNC1CC(N(CC(=O)O)CC2CC2)C1. The summed E-state index contributed by atoms with van der Waals surface area (Å²) >= 11 is 0. The fourth-order valence-electron chi connectivity index (χ4n) is 3.50. The van der Waals surface area contributed by atoms with Gasteiger partial charge in [0.15, 0.2) is 0 Å². The third-order valence-electron chi connectivity index (χ3n) is 5.17. The first kappa shape index (κ1) is 17.2. The molecule has 0 unspecified atom stereocenters. The predicted molar refractivity (Wildman–Crippen MR) is 93.3 cm³/mol. The number of aliphatic carboxylic acids is 1. The van der Waals surface area contributed by atoms with E-state index in [4.69, 9.17) is 9.84 Å². The molecule has 2 fully saturated rings. The molecule has 0 heterocycles. The summed E-state index contributed by atoms with van der Waals surface area (Å²) in [6.07, 6.45) is 4.59. The molecule has 2 aliphatic rings. The molecule has 1 aromatic carbocycles. The van der Waals surface area contributed by atoms with Gasteiger partial charge in [0.1, 0.15) is 5.75 Å². The molecule has 5 heteroatoms. The Labute approximate surface area is 144 Å². The van der Waals surface area contributed by atoms with Gasteiger partial charge in [-0.05, 0) is 44.6 Å². The summed E-state index contributed by atoms with van der Waals surface area (Å²) in [7, 11) is 1.70. The van der Waals surface area contributed by atoms with Gasteiger partial charge in [-0.3, -0.25) is 9.69 Å². The first-order chi connectivity index (χ1) is 11.5. The molecular formula is C19H28N2O3. The number of carbonyl (C=O) groups is 1.